The van der Waals surface area contributed by atoms with Gasteiger partial charge in [0, 0.05) is 51.7 Å². The lowest BCUT2D eigenvalue weighted by molar-refractivity contribution is 0.369. The van der Waals surface area contributed by atoms with Gasteiger partial charge in [-0.1, -0.05) is 18.3 Å². The summed E-state index contributed by atoms with van der Waals surface area (Å²) in [7, 11) is 3.71. The van der Waals surface area contributed by atoms with Gasteiger partial charge < -0.3 is 14.7 Å². The molecule has 7 heteroatoms. The summed E-state index contributed by atoms with van der Waals surface area (Å²) in [5.41, 5.74) is 2.82. The molecule has 0 spiro atoms. The molecule has 0 aromatic heterocycles. The van der Waals surface area contributed by atoms with Crippen molar-refractivity contribution in [2.45, 2.75) is 20.3 Å². The maximum atomic E-state index is 13.9. The first-order chi connectivity index (χ1) is 12.8. The van der Waals surface area contributed by atoms with Gasteiger partial charge in [0.15, 0.2) is 0 Å². The van der Waals surface area contributed by atoms with Crippen LogP contribution in [0.5, 0.6) is 0 Å². The van der Waals surface area contributed by atoms with Gasteiger partial charge in [-0.15, -0.1) is 0 Å². The van der Waals surface area contributed by atoms with Gasteiger partial charge >= 0.3 is 0 Å². The molecule has 1 aliphatic heterocycles. The first kappa shape index (κ1) is 20.8. The molecular formula is C20H26FN5S. The second-order valence-corrected chi connectivity index (χ2v) is 7.23. The van der Waals surface area contributed by atoms with Crippen LogP contribution in [0.4, 0.5) is 10.1 Å². The van der Waals surface area contributed by atoms with E-state index >= 15 is 0 Å². The summed E-state index contributed by atoms with van der Waals surface area (Å²) in [4.78, 5) is 10.6. The molecule has 144 valence electrons. The molecule has 1 aromatic rings. The van der Waals surface area contributed by atoms with Gasteiger partial charge in [0.2, 0.25) is 0 Å². The van der Waals surface area contributed by atoms with E-state index in [9.17, 15) is 9.65 Å². The number of aryl methyl sites for hydroxylation is 1. The van der Waals surface area contributed by atoms with E-state index in [0.29, 0.717) is 16.1 Å². The van der Waals surface area contributed by atoms with E-state index < -0.39 is 0 Å². The lowest BCUT2D eigenvalue weighted by Crippen LogP contribution is -2.30. The molecule has 0 amide bonds. The Labute approximate surface area is 166 Å². The summed E-state index contributed by atoms with van der Waals surface area (Å²) in [6.07, 6.45) is 2.52. The molecule has 1 saturated heterocycles. The third kappa shape index (κ3) is 5.51. The van der Waals surface area contributed by atoms with Gasteiger partial charge in [0.1, 0.15) is 22.4 Å². The highest BCUT2D eigenvalue weighted by Crippen LogP contribution is 2.22. The van der Waals surface area contributed by atoms with Crippen molar-refractivity contribution in [3.05, 3.63) is 40.8 Å². The molecule has 0 radical (unpaired) electrons. The molecule has 2 rings (SSSR count). The van der Waals surface area contributed by atoms with E-state index in [0.717, 1.165) is 44.0 Å². The topological polar surface area (TPSA) is 45.9 Å². The zero-order valence-corrected chi connectivity index (χ0v) is 17.2. The van der Waals surface area contributed by atoms with Gasteiger partial charge in [-0.05, 0) is 38.0 Å². The van der Waals surface area contributed by atoms with Gasteiger partial charge in [0.25, 0.3) is 0 Å². The van der Waals surface area contributed by atoms with Crippen LogP contribution in [-0.4, -0.2) is 61.4 Å². The molecule has 27 heavy (non-hydrogen) atoms. The number of anilines is 1. The van der Waals surface area contributed by atoms with Crippen LogP contribution in [-0.2, 0) is 0 Å². The number of nitrogens with zero attached hydrogens (tertiary/aromatic N) is 5. The monoisotopic (exact) mass is 387 g/mol. The summed E-state index contributed by atoms with van der Waals surface area (Å²) in [6, 6.07) is 7.57. The average Bonchev–Trinajstić information content (AvgIpc) is 2.89. The molecule has 5 nitrogen and oxygen atoms in total. The van der Waals surface area contributed by atoms with E-state index in [1.807, 2.05) is 33.2 Å². The van der Waals surface area contributed by atoms with Crippen molar-refractivity contribution >= 4 is 29.2 Å². The number of nitriles is 1. The smallest absolute Gasteiger partial charge is 0.147 e. The fourth-order valence-corrected chi connectivity index (χ4v) is 3.20. The molecule has 1 fully saturated rings. The quantitative estimate of drug-likeness (QED) is 0.261. The molecule has 0 saturated carbocycles. The predicted octanol–water partition coefficient (Wildman–Crippen LogP) is 3.36. The standard InChI is InChI=1S/C20H26FN5S/c1-15-6-7-17(12-19(15)21)26-9-5-8-25(10-11-26)16(2)18(13-22)20(27)23-14-24(3)4/h6-7,12,14H,5,8-11H2,1-4H3/b18-16-,23-14+. The number of aliphatic imine (C=N–C) groups is 1. The highest BCUT2D eigenvalue weighted by Gasteiger charge is 2.19. The van der Waals surface area contributed by atoms with E-state index in [-0.39, 0.29) is 5.82 Å². The number of hydrogen-bond acceptors (Lipinski definition) is 4. The molecule has 0 N–H and O–H groups in total. The van der Waals surface area contributed by atoms with Crippen molar-refractivity contribution in [2.75, 3.05) is 45.2 Å². The first-order valence-electron chi connectivity index (χ1n) is 8.95. The van der Waals surface area contributed by atoms with Crippen LogP contribution in [0.25, 0.3) is 0 Å². The van der Waals surface area contributed by atoms with Crippen molar-refractivity contribution in [1.29, 1.82) is 5.26 Å². The predicted molar refractivity (Wildman–Crippen MR) is 113 cm³/mol. The van der Waals surface area contributed by atoms with Crippen LogP contribution >= 0.6 is 12.2 Å². The Morgan fingerprint density at radius 1 is 1.30 bits per heavy atom. The largest absolute Gasteiger partial charge is 0.372 e. The summed E-state index contributed by atoms with van der Waals surface area (Å²) in [6.45, 7) is 6.85. The minimum atomic E-state index is -0.180. The average molecular weight is 388 g/mol. The molecule has 1 heterocycles. The number of hydrogen-bond donors (Lipinski definition) is 0. The lowest BCUT2D eigenvalue weighted by atomic mass is 10.2. The van der Waals surface area contributed by atoms with Crippen LogP contribution in [0, 0.1) is 24.1 Å². The fraction of sp³-hybridized carbons (Fsp3) is 0.450. The molecule has 0 aliphatic carbocycles. The first-order valence-corrected chi connectivity index (χ1v) is 9.36. The molecule has 1 aliphatic rings. The third-order valence-corrected chi connectivity index (χ3v) is 4.89. The SMILES string of the molecule is C/C(=C(\C#N)C(=S)/N=C/N(C)C)N1CCCN(c2ccc(C)c(F)c2)CC1. The minimum absolute atomic E-state index is 0.180. The van der Waals surface area contributed by atoms with Gasteiger partial charge in [0.05, 0.1) is 6.34 Å². The molecule has 1 aromatic carbocycles. The number of allylic oxidation sites excluding steroid dienone is 1. The van der Waals surface area contributed by atoms with Crippen LogP contribution in [0.15, 0.2) is 34.5 Å². The van der Waals surface area contributed by atoms with Crippen molar-refractivity contribution in [2.24, 2.45) is 4.99 Å². The lowest BCUT2D eigenvalue weighted by Gasteiger charge is -2.26. The van der Waals surface area contributed by atoms with E-state index in [1.165, 1.54) is 0 Å². The van der Waals surface area contributed by atoms with Gasteiger partial charge in [-0.25, -0.2) is 9.38 Å². The molecule has 0 unspecified atom stereocenters. The van der Waals surface area contributed by atoms with Crippen molar-refractivity contribution in [1.82, 2.24) is 9.80 Å². The van der Waals surface area contributed by atoms with Crippen LogP contribution in [0.3, 0.4) is 0 Å². The van der Waals surface area contributed by atoms with Crippen LogP contribution in [0.1, 0.15) is 18.9 Å². The second kappa shape index (κ2) is 9.47. The summed E-state index contributed by atoms with van der Waals surface area (Å²) < 4.78 is 13.9. The van der Waals surface area contributed by atoms with Crippen molar-refractivity contribution in [3.8, 4) is 6.07 Å². The summed E-state index contributed by atoms with van der Waals surface area (Å²) >= 11 is 5.31. The van der Waals surface area contributed by atoms with Crippen LogP contribution < -0.4 is 4.90 Å². The van der Waals surface area contributed by atoms with Crippen molar-refractivity contribution in [3.63, 3.8) is 0 Å². The van der Waals surface area contributed by atoms with Gasteiger partial charge in [-0.2, -0.15) is 5.26 Å². The van der Waals surface area contributed by atoms with E-state index in [1.54, 1.807) is 24.2 Å². The molecular weight excluding hydrogens is 361 g/mol. The molecule has 0 bridgehead atoms. The number of benzene rings is 1. The van der Waals surface area contributed by atoms with Crippen molar-refractivity contribution < 1.29 is 4.39 Å². The Bertz CT molecular complexity index is 794. The maximum Gasteiger partial charge on any atom is 0.147 e. The fourth-order valence-electron chi connectivity index (χ4n) is 2.96. The Morgan fingerprint density at radius 2 is 2.04 bits per heavy atom. The zero-order valence-electron chi connectivity index (χ0n) is 16.4. The summed E-state index contributed by atoms with van der Waals surface area (Å²) in [5.74, 6) is -0.180. The normalized spacial score (nSPS) is 16.0. The Balaban J connectivity index is 2.14. The van der Waals surface area contributed by atoms with E-state index in [2.05, 4.69) is 20.9 Å². The molecule has 0 atom stereocenters. The highest BCUT2D eigenvalue weighted by atomic mass is 32.1. The van der Waals surface area contributed by atoms with E-state index in [4.69, 9.17) is 12.2 Å². The summed E-state index contributed by atoms with van der Waals surface area (Å²) in [5, 5.41) is 9.56. The Morgan fingerprint density at radius 3 is 2.67 bits per heavy atom. The third-order valence-electron chi connectivity index (χ3n) is 4.58. The maximum absolute atomic E-state index is 13.9. The Kier molecular flexibility index (Phi) is 7.31. The van der Waals surface area contributed by atoms with Gasteiger partial charge in [-0.3, -0.25) is 0 Å². The Hall–Kier alpha value is -2.46. The second-order valence-electron chi connectivity index (χ2n) is 6.85. The number of halogens is 1. The number of thiocarbonyl (C=S) groups is 1. The minimum Gasteiger partial charge on any atom is -0.372 e. The highest BCUT2D eigenvalue weighted by molar-refractivity contribution is 7.80. The van der Waals surface area contributed by atoms with Crippen LogP contribution in [0.2, 0.25) is 0 Å². The zero-order chi connectivity index (χ0) is 20.0. The number of rotatable bonds is 4.